The van der Waals surface area contributed by atoms with Crippen LogP contribution in [0.25, 0.3) is 0 Å². The second-order valence-corrected chi connectivity index (χ2v) is 9.24. The average molecular weight is 474 g/mol. The number of hydrogen-bond donors (Lipinski definition) is 2. The van der Waals surface area contributed by atoms with Crippen molar-refractivity contribution in [3.05, 3.63) is 57.5 Å². The molecule has 6 nitrogen and oxygen atoms in total. The van der Waals surface area contributed by atoms with E-state index in [1.807, 2.05) is 18.2 Å². The zero-order chi connectivity index (χ0) is 19.6. The van der Waals surface area contributed by atoms with Gasteiger partial charge in [-0.2, -0.15) is 4.72 Å². The monoisotopic (exact) mass is 472 g/mol. The second-order valence-electron chi connectivity index (χ2n) is 6.18. The topological polar surface area (TPSA) is 84.5 Å². The Morgan fingerprint density at radius 1 is 1.26 bits per heavy atom. The van der Waals surface area contributed by atoms with Crippen molar-refractivity contribution in [2.24, 2.45) is 0 Å². The van der Waals surface area contributed by atoms with Crippen LogP contribution in [0.3, 0.4) is 0 Å². The van der Waals surface area contributed by atoms with Crippen LogP contribution in [-0.4, -0.2) is 27.0 Å². The number of hydrogen-bond acceptors (Lipinski definition) is 4. The molecule has 3 rings (SSSR count). The molecule has 0 fully saturated rings. The highest BCUT2D eigenvalue weighted by atomic mass is 79.9. The average Bonchev–Trinajstić information content (AvgIpc) is 2.62. The smallest absolute Gasteiger partial charge is 0.241 e. The van der Waals surface area contributed by atoms with Gasteiger partial charge < -0.3 is 10.1 Å². The molecule has 0 aliphatic carbocycles. The summed E-state index contributed by atoms with van der Waals surface area (Å²) in [6.45, 7) is 1.98. The second kappa shape index (κ2) is 8.18. The predicted octanol–water partition coefficient (Wildman–Crippen LogP) is 3.41. The maximum absolute atomic E-state index is 12.6. The summed E-state index contributed by atoms with van der Waals surface area (Å²) < 4.78 is 33.7. The summed E-state index contributed by atoms with van der Waals surface area (Å²) in [5.74, 6) is 0.300. The van der Waals surface area contributed by atoms with Crippen molar-refractivity contribution < 1.29 is 17.9 Å². The largest absolute Gasteiger partial charge is 0.493 e. The highest BCUT2D eigenvalue weighted by molar-refractivity contribution is 9.10. The molecule has 2 atom stereocenters. The SMILES string of the molecule is C[C@H](NS(=O)(=O)c1ccc(Cl)cc1)C(=O)NC1CCOc2ccc(Br)cc21. The summed E-state index contributed by atoms with van der Waals surface area (Å²) in [4.78, 5) is 12.6. The Bertz CT molecular complexity index is 950. The Morgan fingerprint density at radius 2 is 1.96 bits per heavy atom. The fourth-order valence-electron chi connectivity index (χ4n) is 2.78. The minimum atomic E-state index is -3.83. The molecule has 1 amide bonds. The molecule has 0 saturated heterocycles. The molecule has 9 heteroatoms. The van der Waals surface area contributed by atoms with Crippen LogP contribution in [0.15, 0.2) is 51.8 Å². The van der Waals surface area contributed by atoms with Crippen LogP contribution in [0.2, 0.25) is 5.02 Å². The van der Waals surface area contributed by atoms with E-state index in [4.69, 9.17) is 16.3 Å². The fourth-order valence-corrected chi connectivity index (χ4v) is 4.49. The molecule has 2 aromatic carbocycles. The number of halogens is 2. The summed E-state index contributed by atoms with van der Waals surface area (Å²) in [5.41, 5.74) is 0.858. The van der Waals surface area contributed by atoms with Crippen molar-refractivity contribution in [2.75, 3.05) is 6.61 Å². The molecular weight excluding hydrogens is 456 g/mol. The molecule has 1 heterocycles. The minimum Gasteiger partial charge on any atom is -0.493 e. The van der Waals surface area contributed by atoms with Crippen molar-refractivity contribution in [3.8, 4) is 5.75 Å². The number of amides is 1. The van der Waals surface area contributed by atoms with Crippen molar-refractivity contribution in [3.63, 3.8) is 0 Å². The number of nitrogens with one attached hydrogen (secondary N) is 2. The standard InChI is InChI=1S/C18H18BrClN2O4S/c1-11(22-27(24,25)14-5-3-13(20)4-6-14)18(23)21-16-8-9-26-17-7-2-12(19)10-15(16)17/h2-7,10-11,16,22H,8-9H2,1H3,(H,21,23)/t11-,16?/m0/s1. The number of ether oxygens (including phenoxy) is 1. The van der Waals surface area contributed by atoms with Crippen LogP contribution in [0.5, 0.6) is 5.75 Å². The van der Waals surface area contributed by atoms with E-state index in [1.54, 1.807) is 0 Å². The van der Waals surface area contributed by atoms with Crippen LogP contribution in [-0.2, 0) is 14.8 Å². The number of benzene rings is 2. The summed E-state index contributed by atoms with van der Waals surface area (Å²) >= 11 is 9.20. The molecule has 2 aromatic rings. The van der Waals surface area contributed by atoms with Gasteiger partial charge in [0.25, 0.3) is 0 Å². The van der Waals surface area contributed by atoms with Crippen LogP contribution >= 0.6 is 27.5 Å². The van der Waals surface area contributed by atoms with E-state index < -0.39 is 22.0 Å². The summed E-state index contributed by atoms with van der Waals surface area (Å²) in [7, 11) is -3.83. The lowest BCUT2D eigenvalue weighted by Crippen LogP contribution is -2.46. The summed E-state index contributed by atoms with van der Waals surface area (Å²) in [6, 6.07) is 10.2. The number of sulfonamides is 1. The van der Waals surface area contributed by atoms with Gasteiger partial charge in [-0.1, -0.05) is 27.5 Å². The Balaban J connectivity index is 1.70. The molecule has 144 valence electrons. The molecule has 0 aromatic heterocycles. The highest BCUT2D eigenvalue weighted by Gasteiger charge is 2.27. The number of fused-ring (bicyclic) bond motifs is 1. The summed E-state index contributed by atoms with van der Waals surface area (Å²) in [6.07, 6.45) is 0.603. The quantitative estimate of drug-likeness (QED) is 0.697. The van der Waals surface area contributed by atoms with E-state index in [9.17, 15) is 13.2 Å². The van der Waals surface area contributed by atoms with Gasteiger partial charge in [-0.3, -0.25) is 4.79 Å². The first-order valence-electron chi connectivity index (χ1n) is 8.27. The highest BCUT2D eigenvalue weighted by Crippen LogP contribution is 2.34. The third-order valence-corrected chi connectivity index (χ3v) is 6.48. The first-order valence-corrected chi connectivity index (χ1v) is 10.9. The molecule has 2 N–H and O–H groups in total. The number of carbonyl (C=O) groups excluding carboxylic acids is 1. The van der Waals surface area contributed by atoms with Crippen LogP contribution in [0, 0.1) is 0 Å². The van der Waals surface area contributed by atoms with Crippen molar-refractivity contribution in [1.82, 2.24) is 10.0 Å². The van der Waals surface area contributed by atoms with Crippen molar-refractivity contribution in [2.45, 2.75) is 30.3 Å². The van der Waals surface area contributed by atoms with Crippen LogP contribution in [0.1, 0.15) is 24.9 Å². The lowest BCUT2D eigenvalue weighted by molar-refractivity contribution is -0.123. The molecule has 0 radical (unpaired) electrons. The zero-order valence-electron chi connectivity index (χ0n) is 14.4. The number of carbonyl (C=O) groups is 1. The van der Waals surface area contributed by atoms with E-state index in [-0.39, 0.29) is 10.9 Å². The molecule has 1 aliphatic rings. The van der Waals surface area contributed by atoms with Gasteiger partial charge in [0, 0.05) is 21.5 Å². The van der Waals surface area contributed by atoms with Gasteiger partial charge in [-0.05, 0) is 49.4 Å². The Labute approximate surface area is 171 Å². The number of rotatable bonds is 5. The molecule has 1 unspecified atom stereocenters. The lowest BCUT2D eigenvalue weighted by atomic mass is 10.0. The Kier molecular flexibility index (Phi) is 6.10. The summed E-state index contributed by atoms with van der Waals surface area (Å²) in [5, 5.41) is 3.33. The van der Waals surface area contributed by atoms with Gasteiger partial charge in [0.2, 0.25) is 15.9 Å². The van der Waals surface area contributed by atoms with Crippen LogP contribution < -0.4 is 14.8 Å². The Morgan fingerprint density at radius 3 is 2.67 bits per heavy atom. The first-order chi connectivity index (χ1) is 12.8. The van der Waals surface area contributed by atoms with Gasteiger partial charge >= 0.3 is 0 Å². The lowest BCUT2D eigenvalue weighted by Gasteiger charge is -2.28. The van der Waals surface area contributed by atoms with Crippen molar-refractivity contribution >= 4 is 43.5 Å². The molecule has 0 saturated carbocycles. The van der Waals surface area contributed by atoms with E-state index in [0.29, 0.717) is 23.8 Å². The maximum atomic E-state index is 12.6. The normalized spacial score (nSPS) is 17.5. The van der Waals surface area contributed by atoms with Crippen molar-refractivity contribution in [1.29, 1.82) is 0 Å². The minimum absolute atomic E-state index is 0.0480. The van der Waals surface area contributed by atoms with Gasteiger partial charge in [-0.25, -0.2) is 8.42 Å². The van der Waals surface area contributed by atoms with E-state index in [0.717, 1.165) is 10.0 Å². The fraction of sp³-hybridized carbons (Fsp3) is 0.278. The molecule has 0 bridgehead atoms. The van der Waals surface area contributed by atoms with Gasteiger partial charge in [-0.15, -0.1) is 0 Å². The third kappa shape index (κ3) is 4.82. The zero-order valence-corrected chi connectivity index (χ0v) is 17.6. The van der Waals surface area contributed by atoms with Gasteiger partial charge in [0.15, 0.2) is 0 Å². The molecule has 1 aliphatic heterocycles. The Hall–Kier alpha value is -1.61. The third-order valence-electron chi connectivity index (χ3n) is 4.18. The van der Waals surface area contributed by atoms with Gasteiger partial charge in [0.05, 0.1) is 23.6 Å². The van der Waals surface area contributed by atoms with Gasteiger partial charge in [0.1, 0.15) is 5.75 Å². The molecule has 27 heavy (non-hydrogen) atoms. The van der Waals surface area contributed by atoms with E-state index in [1.165, 1.54) is 31.2 Å². The molecular formula is C18H18BrClN2O4S. The van der Waals surface area contributed by atoms with E-state index in [2.05, 4.69) is 26.0 Å². The first kappa shape index (κ1) is 20.1. The van der Waals surface area contributed by atoms with E-state index >= 15 is 0 Å². The van der Waals surface area contributed by atoms with Crippen LogP contribution in [0.4, 0.5) is 0 Å². The maximum Gasteiger partial charge on any atom is 0.241 e. The predicted molar refractivity (Wildman–Crippen MR) is 106 cm³/mol. The molecule has 0 spiro atoms.